The molecule has 3 aromatic rings. The molecule has 0 spiro atoms. The molecule has 0 radical (unpaired) electrons. The van der Waals surface area contributed by atoms with Crippen LogP contribution < -0.4 is 4.74 Å². The van der Waals surface area contributed by atoms with Crippen LogP contribution in [0.2, 0.25) is 0 Å². The quantitative estimate of drug-likeness (QED) is 0.767. The second-order valence-corrected chi connectivity index (χ2v) is 6.47. The molecule has 134 valence electrons. The number of nitrogens with one attached hydrogen (secondary N) is 1. The number of H-pyrrole nitrogens is 1. The molecule has 1 saturated heterocycles. The summed E-state index contributed by atoms with van der Waals surface area (Å²) >= 11 is 0. The molecule has 1 aliphatic heterocycles. The van der Waals surface area contributed by atoms with Gasteiger partial charge in [0.2, 0.25) is 0 Å². The fourth-order valence-electron chi connectivity index (χ4n) is 3.42. The van der Waals surface area contributed by atoms with Gasteiger partial charge >= 0.3 is 0 Å². The number of benzene rings is 1. The SMILES string of the molecule is CO[C@@H]1C[C@@H](COc2cccnc2)N(C(=O)c2cc3ccccc3[nH]2)C1. The smallest absolute Gasteiger partial charge is 0.270 e. The van der Waals surface area contributed by atoms with E-state index >= 15 is 0 Å². The number of amides is 1. The summed E-state index contributed by atoms with van der Waals surface area (Å²) < 4.78 is 11.3. The van der Waals surface area contributed by atoms with E-state index in [0.717, 1.165) is 17.3 Å². The maximum absolute atomic E-state index is 13.1. The Morgan fingerprint density at radius 2 is 2.19 bits per heavy atom. The number of methoxy groups -OCH3 is 1. The molecule has 3 heterocycles. The van der Waals surface area contributed by atoms with Gasteiger partial charge in [0.25, 0.3) is 5.91 Å². The first-order valence-electron chi connectivity index (χ1n) is 8.69. The van der Waals surface area contributed by atoms with Gasteiger partial charge in [0.15, 0.2) is 0 Å². The highest BCUT2D eigenvalue weighted by atomic mass is 16.5. The van der Waals surface area contributed by atoms with Crippen molar-refractivity contribution in [1.82, 2.24) is 14.9 Å². The fourth-order valence-corrected chi connectivity index (χ4v) is 3.42. The van der Waals surface area contributed by atoms with Crippen molar-refractivity contribution in [1.29, 1.82) is 0 Å². The molecule has 1 N–H and O–H groups in total. The van der Waals surface area contributed by atoms with Crippen molar-refractivity contribution in [2.45, 2.75) is 18.6 Å². The number of pyridine rings is 1. The van der Waals surface area contributed by atoms with Crippen LogP contribution in [0.25, 0.3) is 10.9 Å². The van der Waals surface area contributed by atoms with Crippen LogP contribution in [-0.2, 0) is 4.74 Å². The number of para-hydroxylation sites is 1. The fraction of sp³-hybridized carbons (Fsp3) is 0.300. The molecule has 2 aromatic heterocycles. The van der Waals surface area contributed by atoms with Gasteiger partial charge in [0, 0.05) is 30.8 Å². The van der Waals surface area contributed by atoms with E-state index in [1.165, 1.54) is 0 Å². The van der Waals surface area contributed by atoms with Crippen molar-refractivity contribution in [3.8, 4) is 5.75 Å². The zero-order chi connectivity index (χ0) is 17.9. The van der Waals surface area contributed by atoms with Gasteiger partial charge in [0.05, 0.1) is 18.3 Å². The Kier molecular flexibility index (Phi) is 4.58. The molecule has 0 saturated carbocycles. The van der Waals surface area contributed by atoms with Gasteiger partial charge in [-0.05, 0) is 30.7 Å². The Hall–Kier alpha value is -2.86. The van der Waals surface area contributed by atoms with Crippen molar-refractivity contribution >= 4 is 16.8 Å². The first-order chi connectivity index (χ1) is 12.7. The van der Waals surface area contributed by atoms with E-state index in [-0.39, 0.29) is 18.1 Å². The minimum atomic E-state index is -0.0425. The number of likely N-dealkylation sites (tertiary alicyclic amines) is 1. The molecule has 26 heavy (non-hydrogen) atoms. The van der Waals surface area contributed by atoms with Gasteiger partial charge in [-0.15, -0.1) is 0 Å². The van der Waals surface area contributed by atoms with Crippen LogP contribution in [0.3, 0.4) is 0 Å². The summed E-state index contributed by atoms with van der Waals surface area (Å²) in [7, 11) is 1.68. The molecule has 1 amide bonds. The molecule has 1 aliphatic rings. The van der Waals surface area contributed by atoms with Crippen molar-refractivity contribution in [2.75, 3.05) is 20.3 Å². The Labute approximate surface area is 151 Å². The molecule has 6 heteroatoms. The highest BCUT2D eigenvalue weighted by Gasteiger charge is 2.36. The van der Waals surface area contributed by atoms with Crippen molar-refractivity contribution < 1.29 is 14.3 Å². The number of carbonyl (C=O) groups excluding carboxylic acids is 1. The number of ether oxygens (including phenoxy) is 2. The summed E-state index contributed by atoms with van der Waals surface area (Å²) in [5.41, 5.74) is 1.55. The predicted molar refractivity (Wildman–Crippen MR) is 98.3 cm³/mol. The summed E-state index contributed by atoms with van der Waals surface area (Å²) in [6.07, 6.45) is 4.15. The number of nitrogens with zero attached hydrogens (tertiary/aromatic N) is 2. The zero-order valence-corrected chi connectivity index (χ0v) is 14.6. The Bertz CT molecular complexity index is 860. The summed E-state index contributed by atoms with van der Waals surface area (Å²) in [4.78, 5) is 22.2. The molecule has 0 bridgehead atoms. The van der Waals surface area contributed by atoms with E-state index in [2.05, 4.69) is 9.97 Å². The summed E-state index contributed by atoms with van der Waals surface area (Å²) in [6, 6.07) is 13.4. The summed E-state index contributed by atoms with van der Waals surface area (Å²) in [6.45, 7) is 0.975. The van der Waals surface area contributed by atoms with Gasteiger partial charge < -0.3 is 19.4 Å². The number of carbonyl (C=O) groups is 1. The van der Waals surface area contributed by atoms with Crippen LogP contribution in [0.15, 0.2) is 54.9 Å². The maximum atomic E-state index is 13.1. The lowest BCUT2D eigenvalue weighted by molar-refractivity contribution is 0.0653. The number of rotatable bonds is 5. The number of aromatic amines is 1. The zero-order valence-electron chi connectivity index (χ0n) is 14.6. The van der Waals surface area contributed by atoms with E-state index in [1.54, 1.807) is 19.5 Å². The Morgan fingerprint density at radius 1 is 1.31 bits per heavy atom. The average Bonchev–Trinajstić information content (AvgIpc) is 3.30. The normalized spacial score (nSPS) is 19.8. The molecule has 2 atom stereocenters. The third-order valence-corrected chi connectivity index (χ3v) is 4.81. The van der Waals surface area contributed by atoms with Gasteiger partial charge in [0.1, 0.15) is 18.1 Å². The molecule has 0 unspecified atom stereocenters. The van der Waals surface area contributed by atoms with Crippen LogP contribution in [0.5, 0.6) is 5.75 Å². The molecular formula is C20H21N3O3. The number of hydrogen-bond donors (Lipinski definition) is 1. The topological polar surface area (TPSA) is 67.5 Å². The van der Waals surface area contributed by atoms with Crippen LogP contribution in [0.1, 0.15) is 16.9 Å². The van der Waals surface area contributed by atoms with Gasteiger partial charge in [-0.1, -0.05) is 18.2 Å². The Balaban J connectivity index is 1.52. The van der Waals surface area contributed by atoms with E-state index < -0.39 is 0 Å². The molecular weight excluding hydrogens is 330 g/mol. The highest BCUT2D eigenvalue weighted by molar-refractivity contribution is 5.98. The van der Waals surface area contributed by atoms with Crippen molar-refractivity contribution in [3.63, 3.8) is 0 Å². The van der Waals surface area contributed by atoms with E-state index in [9.17, 15) is 4.79 Å². The lowest BCUT2D eigenvalue weighted by Crippen LogP contribution is -2.39. The first-order valence-corrected chi connectivity index (χ1v) is 8.69. The number of fused-ring (bicyclic) bond motifs is 1. The molecule has 1 fully saturated rings. The highest BCUT2D eigenvalue weighted by Crippen LogP contribution is 2.24. The molecule has 1 aromatic carbocycles. The molecule has 4 rings (SSSR count). The summed E-state index contributed by atoms with van der Waals surface area (Å²) in [5, 5.41) is 1.03. The number of hydrogen-bond acceptors (Lipinski definition) is 4. The predicted octanol–water partition coefficient (Wildman–Crippen LogP) is 2.87. The first kappa shape index (κ1) is 16.6. The van der Waals surface area contributed by atoms with Gasteiger partial charge in [-0.25, -0.2) is 0 Å². The van der Waals surface area contributed by atoms with E-state index in [4.69, 9.17) is 9.47 Å². The largest absolute Gasteiger partial charge is 0.490 e. The lowest BCUT2D eigenvalue weighted by Gasteiger charge is -2.24. The van der Waals surface area contributed by atoms with Gasteiger partial charge in [-0.3, -0.25) is 9.78 Å². The second-order valence-electron chi connectivity index (χ2n) is 6.47. The number of aromatic nitrogens is 2. The minimum absolute atomic E-state index is 0.0193. The minimum Gasteiger partial charge on any atom is -0.490 e. The van der Waals surface area contributed by atoms with Crippen LogP contribution in [0, 0.1) is 0 Å². The molecule has 6 nitrogen and oxygen atoms in total. The Morgan fingerprint density at radius 3 is 2.96 bits per heavy atom. The van der Waals surface area contributed by atoms with Gasteiger partial charge in [-0.2, -0.15) is 0 Å². The van der Waals surface area contributed by atoms with Crippen LogP contribution in [0.4, 0.5) is 0 Å². The van der Waals surface area contributed by atoms with Crippen LogP contribution >= 0.6 is 0 Å². The summed E-state index contributed by atoms with van der Waals surface area (Å²) in [5.74, 6) is 0.673. The third kappa shape index (κ3) is 3.28. The van der Waals surface area contributed by atoms with Crippen LogP contribution in [-0.4, -0.2) is 53.2 Å². The molecule has 0 aliphatic carbocycles. The van der Waals surface area contributed by atoms with E-state index in [1.807, 2.05) is 47.4 Å². The monoisotopic (exact) mass is 351 g/mol. The standard InChI is InChI=1S/C20H21N3O3/c1-25-17-10-15(13-26-16-6-4-8-21-11-16)23(12-17)20(24)19-9-14-5-2-3-7-18(14)22-19/h2-9,11,15,17,22H,10,12-13H2,1H3/t15-,17+/m0/s1. The lowest BCUT2D eigenvalue weighted by atomic mass is 10.2. The third-order valence-electron chi connectivity index (χ3n) is 4.81. The van der Waals surface area contributed by atoms with Crippen molar-refractivity contribution in [2.24, 2.45) is 0 Å². The maximum Gasteiger partial charge on any atom is 0.270 e. The second kappa shape index (κ2) is 7.17. The van der Waals surface area contributed by atoms with E-state index in [0.29, 0.717) is 24.6 Å². The van der Waals surface area contributed by atoms with Crippen molar-refractivity contribution in [3.05, 3.63) is 60.6 Å². The average molecular weight is 351 g/mol.